The zero-order chi connectivity index (χ0) is 22.8. The molecule has 3 rings (SSSR count). The Morgan fingerprint density at radius 3 is 1.94 bits per heavy atom. The molecule has 5 heteroatoms. The monoisotopic (exact) mass is 447 g/mol. The zero-order valence-electron chi connectivity index (χ0n) is 19.6. The number of nitrogens with zero attached hydrogens (tertiary/aromatic N) is 1. The molecule has 3 nitrogen and oxygen atoms in total. The molecule has 1 saturated heterocycles. The summed E-state index contributed by atoms with van der Waals surface area (Å²) in [5.74, 6) is 0.344. The predicted molar refractivity (Wildman–Crippen MR) is 122 cm³/mol. The summed E-state index contributed by atoms with van der Waals surface area (Å²) in [4.78, 5) is 0. The lowest BCUT2D eigenvalue weighted by Crippen LogP contribution is -2.28. The number of hydrogen-bond donors (Lipinski definition) is 0. The van der Waals surface area contributed by atoms with Gasteiger partial charge in [0.25, 0.3) is 0 Å². The van der Waals surface area contributed by atoms with Crippen molar-refractivity contribution < 1.29 is 18.3 Å². The van der Waals surface area contributed by atoms with Crippen LogP contribution in [0.25, 0.3) is 0 Å². The van der Waals surface area contributed by atoms with Gasteiger partial charge in [0.2, 0.25) is 0 Å². The number of hydrogen-bond acceptors (Lipinski definition) is 3. The van der Waals surface area contributed by atoms with Crippen LogP contribution < -0.4 is 0 Å². The first kappa shape index (κ1) is 25.1. The van der Waals surface area contributed by atoms with E-state index in [1.165, 1.54) is 83.1 Å². The molecule has 1 aromatic carbocycles. The van der Waals surface area contributed by atoms with Crippen LogP contribution in [0.5, 0.6) is 0 Å². The van der Waals surface area contributed by atoms with Crippen LogP contribution in [0.1, 0.15) is 108 Å². The molecule has 32 heavy (non-hydrogen) atoms. The SMILES string of the molecule is CCCCCCCC[C@H]1CC[C@H](CC[C@H]2CO[C@H](c3cc(F)c(C#N)c(F)c3)OC2)CC1. The van der Waals surface area contributed by atoms with Gasteiger partial charge in [0.15, 0.2) is 6.29 Å². The van der Waals surface area contributed by atoms with Gasteiger partial charge in [-0.25, -0.2) is 8.78 Å². The van der Waals surface area contributed by atoms with Crippen LogP contribution in [0.3, 0.4) is 0 Å². The van der Waals surface area contributed by atoms with E-state index in [1.54, 1.807) is 0 Å². The summed E-state index contributed by atoms with van der Waals surface area (Å²) < 4.78 is 39.2. The summed E-state index contributed by atoms with van der Waals surface area (Å²) in [6.07, 6.45) is 16.7. The highest BCUT2D eigenvalue weighted by Gasteiger charge is 2.27. The molecule has 1 saturated carbocycles. The molecule has 0 unspecified atom stereocenters. The van der Waals surface area contributed by atoms with E-state index in [1.807, 2.05) is 0 Å². The van der Waals surface area contributed by atoms with Gasteiger partial charge in [0.05, 0.1) is 13.2 Å². The lowest BCUT2D eigenvalue weighted by molar-refractivity contribution is -0.206. The van der Waals surface area contributed by atoms with Crippen molar-refractivity contribution in [3.63, 3.8) is 0 Å². The molecule has 0 atom stereocenters. The molecule has 1 aliphatic carbocycles. The van der Waals surface area contributed by atoms with Crippen molar-refractivity contribution in [1.29, 1.82) is 5.26 Å². The molecular formula is C27H39F2NO2. The number of rotatable bonds is 11. The Bertz CT molecular complexity index is 709. The van der Waals surface area contributed by atoms with E-state index in [-0.39, 0.29) is 0 Å². The molecule has 0 aromatic heterocycles. The molecule has 0 N–H and O–H groups in total. The van der Waals surface area contributed by atoms with Gasteiger partial charge in [-0.05, 0) is 30.4 Å². The van der Waals surface area contributed by atoms with Gasteiger partial charge in [-0.15, -0.1) is 0 Å². The van der Waals surface area contributed by atoms with Crippen LogP contribution in [0.4, 0.5) is 8.78 Å². The molecule has 178 valence electrons. The molecule has 1 aliphatic heterocycles. The second kappa shape index (κ2) is 13.3. The lowest BCUT2D eigenvalue weighted by Gasteiger charge is -2.32. The number of nitriles is 1. The molecule has 2 aliphatic rings. The minimum atomic E-state index is -0.871. The fraction of sp³-hybridized carbons (Fsp3) is 0.741. The average Bonchev–Trinajstić information content (AvgIpc) is 2.81. The number of unbranched alkanes of at least 4 members (excludes halogenated alkanes) is 5. The summed E-state index contributed by atoms with van der Waals surface area (Å²) in [6, 6.07) is 3.81. The summed E-state index contributed by atoms with van der Waals surface area (Å²) >= 11 is 0. The van der Waals surface area contributed by atoms with Gasteiger partial charge in [0, 0.05) is 11.5 Å². The molecule has 2 fully saturated rings. The van der Waals surface area contributed by atoms with E-state index < -0.39 is 23.5 Å². The Kier molecular flexibility index (Phi) is 10.4. The molecule has 0 amide bonds. The average molecular weight is 448 g/mol. The molecule has 0 radical (unpaired) electrons. The first-order valence-corrected chi connectivity index (χ1v) is 12.7. The number of halogens is 2. The van der Waals surface area contributed by atoms with Crippen molar-refractivity contribution >= 4 is 0 Å². The van der Waals surface area contributed by atoms with Crippen molar-refractivity contribution in [3.8, 4) is 6.07 Å². The van der Waals surface area contributed by atoms with Gasteiger partial charge < -0.3 is 9.47 Å². The summed E-state index contributed by atoms with van der Waals surface area (Å²) in [5.41, 5.74) is -0.273. The smallest absolute Gasteiger partial charge is 0.184 e. The highest BCUT2D eigenvalue weighted by molar-refractivity contribution is 5.35. The molecular weight excluding hydrogens is 408 g/mol. The predicted octanol–water partition coefficient (Wildman–Crippen LogP) is 7.84. The molecule has 1 heterocycles. The lowest BCUT2D eigenvalue weighted by atomic mass is 9.77. The van der Waals surface area contributed by atoms with E-state index in [0.717, 1.165) is 30.4 Å². The standard InChI is InChI=1S/C27H39F2NO2/c1-2-3-4-5-6-7-8-20-9-11-21(12-10-20)13-14-22-18-31-27(32-19-22)23-15-25(28)24(17-30)26(29)16-23/h15-16,20-22,27H,2-14,18-19H2,1H3/t20-,21-,22-,27-. The highest BCUT2D eigenvalue weighted by Crippen LogP contribution is 2.36. The normalized spacial score (nSPS) is 26.1. The van der Waals surface area contributed by atoms with Crippen molar-refractivity contribution in [3.05, 3.63) is 34.9 Å². The van der Waals surface area contributed by atoms with Crippen LogP contribution in [0.15, 0.2) is 12.1 Å². The Labute approximate surface area is 192 Å². The quantitative estimate of drug-likeness (QED) is 0.325. The fourth-order valence-corrected chi connectivity index (χ4v) is 5.23. The summed E-state index contributed by atoms with van der Waals surface area (Å²) in [6.45, 7) is 3.36. The Morgan fingerprint density at radius 2 is 1.34 bits per heavy atom. The highest BCUT2D eigenvalue weighted by atomic mass is 19.1. The van der Waals surface area contributed by atoms with E-state index in [4.69, 9.17) is 14.7 Å². The van der Waals surface area contributed by atoms with Gasteiger partial charge in [-0.2, -0.15) is 5.26 Å². The third-order valence-corrected chi connectivity index (χ3v) is 7.33. The number of benzene rings is 1. The van der Waals surface area contributed by atoms with Crippen LogP contribution >= 0.6 is 0 Å². The third kappa shape index (κ3) is 7.52. The van der Waals surface area contributed by atoms with Gasteiger partial charge in [-0.1, -0.05) is 84.0 Å². The third-order valence-electron chi connectivity index (χ3n) is 7.33. The minimum absolute atomic E-state index is 0.293. The van der Waals surface area contributed by atoms with E-state index in [2.05, 4.69) is 6.92 Å². The topological polar surface area (TPSA) is 42.2 Å². The maximum atomic E-state index is 13.9. The van der Waals surface area contributed by atoms with Gasteiger partial charge in [-0.3, -0.25) is 0 Å². The Balaban J connectivity index is 1.30. The maximum Gasteiger partial charge on any atom is 0.184 e. The van der Waals surface area contributed by atoms with Crippen LogP contribution in [0, 0.1) is 40.7 Å². The van der Waals surface area contributed by atoms with E-state index in [0.29, 0.717) is 24.7 Å². The van der Waals surface area contributed by atoms with Crippen molar-refractivity contribution in [1.82, 2.24) is 0 Å². The maximum absolute atomic E-state index is 13.9. The fourth-order valence-electron chi connectivity index (χ4n) is 5.23. The molecule has 1 aromatic rings. The van der Waals surface area contributed by atoms with Gasteiger partial charge >= 0.3 is 0 Å². The Morgan fingerprint density at radius 1 is 0.812 bits per heavy atom. The van der Waals surface area contributed by atoms with Gasteiger partial charge in [0.1, 0.15) is 23.3 Å². The summed E-state index contributed by atoms with van der Waals surface area (Å²) in [7, 11) is 0. The van der Waals surface area contributed by atoms with Crippen molar-refractivity contribution in [2.75, 3.05) is 13.2 Å². The Hall–Kier alpha value is -1.51. The number of ether oxygens (including phenoxy) is 2. The van der Waals surface area contributed by atoms with E-state index in [9.17, 15) is 8.78 Å². The largest absolute Gasteiger partial charge is 0.348 e. The first-order valence-electron chi connectivity index (χ1n) is 12.7. The zero-order valence-corrected chi connectivity index (χ0v) is 19.6. The second-order valence-electron chi connectivity index (χ2n) is 9.86. The van der Waals surface area contributed by atoms with E-state index >= 15 is 0 Å². The van der Waals surface area contributed by atoms with Crippen molar-refractivity contribution in [2.24, 2.45) is 17.8 Å². The summed E-state index contributed by atoms with van der Waals surface area (Å²) in [5, 5.41) is 8.80. The first-order chi connectivity index (χ1) is 15.6. The van der Waals surface area contributed by atoms with Crippen LogP contribution in [0.2, 0.25) is 0 Å². The van der Waals surface area contributed by atoms with Crippen LogP contribution in [-0.4, -0.2) is 13.2 Å². The second-order valence-corrected chi connectivity index (χ2v) is 9.86. The van der Waals surface area contributed by atoms with Crippen LogP contribution in [-0.2, 0) is 9.47 Å². The van der Waals surface area contributed by atoms with Crippen molar-refractivity contribution in [2.45, 2.75) is 96.7 Å². The minimum Gasteiger partial charge on any atom is -0.348 e. The molecule has 0 bridgehead atoms. The molecule has 0 spiro atoms.